The van der Waals surface area contributed by atoms with Gasteiger partial charge < -0.3 is 14.8 Å². The summed E-state index contributed by atoms with van der Waals surface area (Å²) in [4.78, 5) is 35.7. The van der Waals surface area contributed by atoms with E-state index in [1.54, 1.807) is 17.2 Å². The molecule has 1 aliphatic rings. The molecular weight excluding hydrogens is 335 g/mol. The molecule has 1 fully saturated rings. The van der Waals surface area contributed by atoms with Crippen LogP contribution in [0.2, 0.25) is 0 Å². The van der Waals surface area contributed by atoms with Crippen molar-refractivity contribution in [3.63, 3.8) is 0 Å². The molecule has 3 aromatic rings. The Bertz CT molecular complexity index is 1010. The van der Waals surface area contributed by atoms with Crippen LogP contribution in [0.5, 0.6) is 0 Å². The number of hydrogen-bond donors (Lipinski definition) is 1. The number of anilines is 1. The zero-order valence-corrected chi connectivity index (χ0v) is 14.0. The Morgan fingerprint density at radius 2 is 1.88 bits per heavy atom. The summed E-state index contributed by atoms with van der Waals surface area (Å²) in [5.74, 6) is 0.140. The van der Waals surface area contributed by atoms with Crippen molar-refractivity contribution < 1.29 is 9.18 Å². The number of H-pyrrole nitrogens is 1. The van der Waals surface area contributed by atoms with E-state index in [1.165, 1.54) is 18.2 Å². The summed E-state index contributed by atoms with van der Waals surface area (Å²) in [5, 5.41) is 0.626. The van der Waals surface area contributed by atoms with Crippen LogP contribution in [-0.4, -0.2) is 47.0 Å². The summed E-state index contributed by atoms with van der Waals surface area (Å²) < 4.78 is 13.3. The second kappa shape index (κ2) is 6.59. The van der Waals surface area contributed by atoms with Crippen LogP contribution in [0.25, 0.3) is 10.9 Å². The number of aromatic amines is 1. The number of fused-ring (bicyclic) bond motifs is 1. The largest absolute Gasteiger partial charge is 0.353 e. The first-order valence-corrected chi connectivity index (χ1v) is 8.40. The Morgan fingerprint density at radius 1 is 1.08 bits per heavy atom. The zero-order chi connectivity index (χ0) is 18.1. The van der Waals surface area contributed by atoms with E-state index in [0.717, 1.165) is 5.82 Å². The fourth-order valence-corrected chi connectivity index (χ4v) is 3.18. The molecule has 1 N–H and O–H groups in total. The van der Waals surface area contributed by atoms with Gasteiger partial charge in [0.15, 0.2) is 0 Å². The van der Waals surface area contributed by atoms with Gasteiger partial charge in [0.25, 0.3) is 11.5 Å². The summed E-state index contributed by atoms with van der Waals surface area (Å²) in [6.45, 7) is 2.32. The van der Waals surface area contributed by atoms with Crippen LogP contribution in [0, 0.1) is 5.82 Å². The summed E-state index contributed by atoms with van der Waals surface area (Å²) >= 11 is 0. The van der Waals surface area contributed by atoms with Crippen LogP contribution < -0.4 is 10.5 Å². The van der Waals surface area contributed by atoms with Crippen LogP contribution in [-0.2, 0) is 0 Å². The van der Waals surface area contributed by atoms with Gasteiger partial charge >= 0.3 is 0 Å². The molecule has 0 aliphatic carbocycles. The monoisotopic (exact) mass is 352 g/mol. The van der Waals surface area contributed by atoms with E-state index < -0.39 is 11.4 Å². The van der Waals surface area contributed by atoms with Crippen LogP contribution in [0.1, 0.15) is 10.4 Å². The van der Waals surface area contributed by atoms with Gasteiger partial charge in [-0.2, -0.15) is 0 Å². The molecular formula is C19H17FN4O2. The molecule has 0 atom stereocenters. The Labute approximate surface area is 148 Å². The Balaban J connectivity index is 1.53. The van der Waals surface area contributed by atoms with Crippen molar-refractivity contribution in [2.75, 3.05) is 31.1 Å². The van der Waals surface area contributed by atoms with Gasteiger partial charge in [-0.1, -0.05) is 6.07 Å². The van der Waals surface area contributed by atoms with Gasteiger partial charge in [0, 0.05) is 32.4 Å². The fourth-order valence-electron chi connectivity index (χ4n) is 3.18. The molecule has 4 rings (SSSR count). The minimum atomic E-state index is -0.500. The minimum absolute atomic E-state index is 0.0791. The van der Waals surface area contributed by atoms with Crippen molar-refractivity contribution in [2.24, 2.45) is 0 Å². The molecule has 1 amide bonds. The number of carbonyl (C=O) groups is 1. The molecule has 2 aromatic heterocycles. The number of carbonyl (C=O) groups excluding carboxylic acids is 1. The van der Waals surface area contributed by atoms with Gasteiger partial charge in [0.2, 0.25) is 0 Å². The van der Waals surface area contributed by atoms with E-state index in [0.29, 0.717) is 37.1 Å². The van der Waals surface area contributed by atoms with Crippen LogP contribution >= 0.6 is 0 Å². The zero-order valence-electron chi connectivity index (χ0n) is 14.0. The Hall–Kier alpha value is -3.22. The maximum Gasteiger partial charge on any atom is 0.261 e. The predicted molar refractivity (Wildman–Crippen MR) is 96.9 cm³/mol. The third-order valence-electron chi connectivity index (χ3n) is 4.58. The van der Waals surface area contributed by atoms with Gasteiger partial charge in [-0.15, -0.1) is 0 Å². The van der Waals surface area contributed by atoms with Crippen LogP contribution in [0.3, 0.4) is 0 Å². The average Bonchev–Trinajstić information content (AvgIpc) is 2.68. The Morgan fingerprint density at radius 3 is 2.62 bits per heavy atom. The lowest BCUT2D eigenvalue weighted by Crippen LogP contribution is -2.49. The number of nitrogens with zero attached hydrogens (tertiary/aromatic N) is 3. The molecule has 26 heavy (non-hydrogen) atoms. The summed E-state index contributed by atoms with van der Waals surface area (Å²) in [7, 11) is 0. The highest BCUT2D eigenvalue weighted by molar-refractivity contribution is 5.97. The van der Waals surface area contributed by atoms with E-state index in [-0.39, 0.29) is 11.5 Å². The molecule has 1 aliphatic heterocycles. The third-order valence-corrected chi connectivity index (χ3v) is 4.58. The van der Waals surface area contributed by atoms with Crippen molar-refractivity contribution in [1.82, 2.24) is 14.9 Å². The van der Waals surface area contributed by atoms with Crippen LogP contribution in [0.15, 0.2) is 53.5 Å². The molecule has 132 valence electrons. The highest BCUT2D eigenvalue weighted by Gasteiger charge is 2.24. The maximum atomic E-state index is 13.3. The lowest BCUT2D eigenvalue weighted by Gasteiger charge is -2.35. The molecule has 6 nitrogen and oxygen atoms in total. The molecule has 3 heterocycles. The molecule has 0 saturated carbocycles. The van der Waals surface area contributed by atoms with Gasteiger partial charge in [-0.3, -0.25) is 9.59 Å². The fraction of sp³-hybridized carbons (Fsp3) is 0.211. The lowest BCUT2D eigenvalue weighted by atomic mass is 10.1. The topological polar surface area (TPSA) is 69.3 Å². The SMILES string of the molecule is O=C(c1cc2ccc(F)cc2[nH]c1=O)N1CCN(c2ccccn2)CC1. The smallest absolute Gasteiger partial charge is 0.261 e. The van der Waals surface area contributed by atoms with Gasteiger partial charge in [-0.05, 0) is 41.8 Å². The second-order valence-electron chi connectivity index (χ2n) is 6.21. The summed E-state index contributed by atoms with van der Waals surface area (Å²) in [6.07, 6.45) is 1.74. The van der Waals surface area contributed by atoms with Crippen LogP contribution in [0.4, 0.5) is 10.2 Å². The first-order valence-electron chi connectivity index (χ1n) is 8.40. The third kappa shape index (κ3) is 3.03. The second-order valence-corrected chi connectivity index (χ2v) is 6.21. The van der Waals surface area contributed by atoms with Crippen molar-refractivity contribution in [2.45, 2.75) is 0 Å². The molecule has 0 radical (unpaired) electrons. The van der Waals surface area contributed by atoms with Gasteiger partial charge in [0.05, 0.1) is 5.52 Å². The first kappa shape index (κ1) is 16.3. The molecule has 0 bridgehead atoms. The van der Waals surface area contributed by atoms with E-state index in [4.69, 9.17) is 0 Å². The quantitative estimate of drug-likeness (QED) is 0.766. The number of pyridine rings is 2. The molecule has 1 saturated heterocycles. The minimum Gasteiger partial charge on any atom is -0.353 e. The normalized spacial score (nSPS) is 14.7. The number of hydrogen-bond acceptors (Lipinski definition) is 4. The summed E-state index contributed by atoms with van der Waals surface area (Å²) in [5.41, 5.74) is -0.0397. The van der Waals surface area contributed by atoms with Crippen molar-refractivity contribution in [3.05, 3.63) is 70.4 Å². The number of amides is 1. The molecule has 1 aromatic carbocycles. The van der Waals surface area contributed by atoms with E-state index in [9.17, 15) is 14.0 Å². The van der Waals surface area contributed by atoms with E-state index in [2.05, 4.69) is 14.9 Å². The van der Waals surface area contributed by atoms with Crippen molar-refractivity contribution in [3.8, 4) is 0 Å². The molecule has 0 unspecified atom stereocenters. The van der Waals surface area contributed by atoms with Gasteiger partial charge in [-0.25, -0.2) is 9.37 Å². The number of aromatic nitrogens is 2. The number of rotatable bonds is 2. The predicted octanol–water partition coefficient (Wildman–Crippen LogP) is 2.02. The van der Waals surface area contributed by atoms with Gasteiger partial charge in [0.1, 0.15) is 17.2 Å². The summed E-state index contributed by atoms with van der Waals surface area (Å²) in [6, 6.07) is 11.4. The maximum absolute atomic E-state index is 13.3. The number of halogens is 1. The van der Waals surface area contributed by atoms with E-state index in [1.807, 2.05) is 18.2 Å². The number of nitrogens with one attached hydrogen (secondary N) is 1. The highest BCUT2D eigenvalue weighted by Crippen LogP contribution is 2.16. The lowest BCUT2D eigenvalue weighted by molar-refractivity contribution is 0.0745. The average molecular weight is 352 g/mol. The number of piperazine rings is 1. The molecule has 0 spiro atoms. The number of benzene rings is 1. The highest BCUT2D eigenvalue weighted by atomic mass is 19.1. The first-order chi connectivity index (χ1) is 12.6. The molecule has 7 heteroatoms. The van der Waals surface area contributed by atoms with E-state index >= 15 is 0 Å². The standard InChI is InChI=1S/C19H17FN4O2/c20-14-5-4-13-11-15(18(25)22-16(13)12-14)19(26)24-9-7-23(8-10-24)17-3-1-2-6-21-17/h1-6,11-12H,7-10H2,(H,22,25). The van der Waals surface area contributed by atoms with Crippen molar-refractivity contribution >= 4 is 22.6 Å². The van der Waals surface area contributed by atoms with Crippen molar-refractivity contribution in [1.29, 1.82) is 0 Å². The Kier molecular flexibility index (Phi) is 4.12.